The van der Waals surface area contributed by atoms with Crippen LogP contribution >= 0.6 is 0 Å². The van der Waals surface area contributed by atoms with Crippen molar-refractivity contribution in [3.8, 4) is 17.2 Å². The predicted octanol–water partition coefficient (Wildman–Crippen LogP) is 2.53. The van der Waals surface area contributed by atoms with Crippen molar-refractivity contribution in [2.45, 2.75) is 83.3 Å². The van der Waals surface area contributed by atoms with Gasteiger partial charge in [-0.25, -0.2) is 0 Å². The third-order valence-corrected chi connectivity index (χ3v) is 7.30. The topological polar surface area (TPSA) is 162 Å². The largest absolute Gasteiger partial charge is 0.506 e. The second kappa shape index (κ2) is 11.9. The number of aryl methyl sites for hydroxylation is 2. The molecular weight excluding hydrogens is 506 g/mol. The second-order valence-electron chi connectivity index (χ2n) is 10.0. The van der Waals surface area contributed by atoms with Gasteiger partial charge >= 0.3 is 0 Å². The number of fused-ring (bicyclic) bond motifs is 1. The minimum absolute atomic E-state index is 0.0344. The number of phenols is 1. The number of ketones is 1. The van der Waals surface area contributed by atoms with Crippen LogP contribution in [-0.2, 0) is 17.6 Å². The summed E-state index contributed by atoms with van der Waals surface area (Å²) in [7, 11) is 1.46. The highest BCUT2D eigenvalue weighted by molar-refractivity contribution is 6.08. The van der Waals surface area contributed by atoms with Gasteiger partial charge in [0.2, 0.25) is 6.29 Å². The normalized spacial score (nSPS) is 24.1. The number of hydrogen-bond donors (Lipinski definition) is 6. The Labute approximate surface area is 226 Å². The van der Waals surface area contributed by atoms with Gasteiger partial charge in [0, 0.05) is 31.3 Å². The summed E-state index contributed by atoms with van der Waals surface area (Å²) in [4.78, 5) is 15.8. The zero-order chi connectivity index (χ0) is 28.4. The first kappa shape index (κ1) is 28.8. The van der Waals surface area contributed by atoms with E-state index in [0.29, 0.717) is 23.1 Å². The minimum Gasteiger partial charge on any atom is -0.506 e. The lowest BCUT2D eigenvalue weighted by atomic mass is 9.92. The fourth-order valence-electron chi connectivity index (χ4n) is 5.21. The highest BCUT2D eigenvalue weighted by atomic mass is 16.7. The molecule has 10 nitrogen and oxygen atoms in total. The Morgan fingerprint density at radius 3 is 2.46 bits per heavy atom. The Bertz CT molecular complexity index is 1320. The number of aromatic nitrogens is 1. The average Bonchev–Trinajstić information content (AvgIpc) is 3.35. The fraction of sp³-hybridized carbons (Fsp3) is 0.483. The number of carbonyl (C=O) groups excluding carboxylic acids is 1. The van der Waals surface area contributed by atoms with E-state index < -0.39 is 36.8 Å². The molecule has 0 aliphatic carbocycles. The molecule has 39 heavy (non-hydrogen) atoms. The number of ether oxygens (including phenoxy) is 3. The van der Waals surface area contributed by atoms with Crippen LogP contribution in [0.15, 0.2) is 30.6 Å². The van der Waals surface area contributed by atoms with Crippen LogP contribution in [0.5, 0.6) is 17.2 Å². The summed E-state index contributed by atoms with van der Waals surface area (Å²) >= 11 is 0. The van der Waals surface area contributed by atoms with Gasteiger partial charge in [0.15, 0.2) is 5.78 Å². The van der Waals surface area contributed by atoms with Crippen LogP contribution in [0.1, 0.15) is 53.7 Å². The van der Waals surface area contributed by atoms with Crippen LogP contribution in [0.25, 0.3) is 10.8 Å². The molecule has 6 N–H and O–H groups in total. The third kappa shape index (κ3) is 5.61. The predicted molar refractivity (Wildman–Crippen MR) is 143 cm³/mol. The van der Waals surface area contributed by atoms with Crippen molar-refractivity contribution in [1.29, 1.82) is 0 Å². The van der Waals surface area contributed by atoms with Crippen molar-refractivity contribution in [3.63, 3.8) is 0 Å². The van der Waals surface area contributed by atoms with Crippen molar-refractivity contribution in [2.75, 3.05) is 7.11 Å². The number of carbonyl (C=O) groups is 1. The van der Waals surface area contributed by atoms with E-state index in [2.05, 4.69) is 4.98 Å². The number of aliphatic hydroxyl groups is 4. The Balaban J connectivity index is 1.70. The van der Waals surface area contributed by atoms with Crippen LogP contribution in [-0.4, -0.2) is 80.2 Å². The van der Waals surface area contributed by atoms with Crippen molar-refractivity contribution in [1.82, 2.24) is 4.98 Å². The highest BCUT2D eigenvalue weighted by Crippen LogP contribution is 2.42. The number of H-pyrrole nitrogens is 1. The summed E-state index contributed by atoms with van der Waals surface area (Å²) in [6.07, 6.45) is -3.69. The van der Waals surface area contributed by atoms with Crippen LogP contribution < -0.4 is 9.47 Å². The average molecular weight is 544 g/mol. The van der Waals surface area contributed by atoms with E-state index in [-0.39, 0.29) is 41.1 Å². The Morgan fingerprint density at radius 1 is 1.08 bits per heavy atom. The summed E-state index contributed by atoms with van der Waals surface area (Å²) in [5.74, 6) is -0.0793. The molecule has 2 aromatic carbocycles. The molecule has 0 radical (unpaired) electrons. The summed E-state index contributed by atoms with van der Waals surface area (Å²) in [6.45, 7) is 5.58. The van der Waals surface area contributed by atoms with Crippen molar-refractivity contribution in [2.24, 2.45) is 0 Å². The number of Topliss-reactive ketones (excluding diaryl/α,β-unsaturated/α-hetero) is 1. The Hall–Kier alpha value is -3.15. The van der Waals surface area contributed by atoms with Crippen molar-refractivity contribution < 1.29 is 44.5 Å². The summed E-state index contributed by atoms with van der Waals surface area (Å²) in [6, 6.07) is 4.88. The number of methoxy groups -OCH3 is 1. The molecule has 1 fully saturated rings. The zero-order valence-electron chi connectivity index (χ0n) is 22.5. The molecule has 0 saturated carbocycles. The molecule has 6 atom stereocenters. The van der Waals surface area contributed by atoms with Crippen LogP contribution in [0, 0.1) is 6.92 Å². The molecule has 2 heterocycles. The minimum atomic E-state index is -1.69. The number of nitrogens with one attached hydrogen (secondary N) is 1. The zero-order valence-corrected chi connectivity index (χ0v) is 22.5. The summed E-state index contributed by atoms with van der Waals surface area (Å²) in [5.41, 5.74) is 2.59. The van der Waals surface area contributed by atoms with E-state index in [0.717, 1.165) is 17.5 Å². The molecule has 0 spiro atoms. The maximum Gasteiger partial charge on any atom is 0.229 e. The lowest BCUT2D eigenvalue weighted by molar-refractivity contribution is -0.287. The third-order valence-electron chi connectivity index (χ3n) is 7.30. The SMILES string of the molecule is CCCC(=O)c1c(C)cc2cc(OC)cc(O[C@H]3O[C@H]([C@H](O)Cc4c[nH]cc4CC)[C@@H](O)[C@H](O)[C@H]3O)c2c1O. The number of phenolic OH excluding ortho intramolecular Hbond substituents is 1. The molecule has 0 unspecified atom stereocenters. The van der Waals surface area contributed by atoms with Gasteiger partial charge in [0.25, 0.3) is 0 Å². The quantitative estimate of drug-likeness (QED) is 0.211. The second-order valence-corrected chi connectivity index (χ2v) is 10.0. The maximum absolute atomic E-state index is 12.8. The molecule has 1 aliphatic rings. The maximum atomic E-state index is 12.8. The smallest absolute Gasteiger partial charge is 0.229 e. The lowest BCUT2D eigenvalue weighted by Gasteiger charge is -2.42. The van der Waals surface area contributed by atoms with Crippen LogP contribution in [0.4, 0.5) is 0 Å². The molecule has 212 valence electrons. The van der Waals surface area contributed by atoms with E-state index in [1.54, 1.807) is 25.3 Å². The van der Waals surface area contributed by atoms with E-state index in [1.165, 1.54) is 13.2 Å². The molecule has 3 aromatic rings. The first-order chi connectivity index (χ1) is 18.6. The van der Waals surface area contributed by atoms with E-state index >= 15 is 0 Å². The summed E-state index contributed by atoms with van der Waals surface area (Å²) in [5, 5.41) is 54.9. The van der Waals surface area contributed by atoms with Gasteiger partial charge in [-0.3, -0.25) is 4.79 Å². The van der Waals surface area contributed by atoms with Gasteiger partial charge in [0.05, 0.1) is 24.2 Å². The number of hydrogen-bond acceptors (Lipinski definition) is 9. The van der Waals surface area contributed by atoms with E-state index in [1.807, 2.05) is 20.0 Å². The number of aliphatic hydroxyl groups excluding tert-OH is 4. The molecule has 10 heteroatoms. The van der Waals surface area contributed by atoms with Gasteiger partial charge in [-0.05, 0) is 47.9 Å². The number of rotatable bonds is 10. The van der Waals surface area contributed by atoms with Gasteiger partial charge in [-0.15, -0.1) is 0 Å². The van der Waals surface area contributed by atoms with Crippen molar-refractivity contribution in [3.05, 3.63) is 52.8 Å². The molecular formula is C29H37NO9. The molecule has 4 rings (SSSR count). The van der Waals surface area contributed by atoms with Gasteiger partial charge in [0.1, 0.15) is 41.7 Å². The highest BCUT2D eigenvalue weighted by Gasteiger charge is 2.47. The molecule has 1 saturated heterocycles. The van der Waals surface area contributed by atoms with Gasteiger partial charge in [-0.2, -0.15) is 0 Å². The molecule has 1 aliphatic heterocycles. The molecule has 0 amide bonds. The van der Waals surface area contributed by atoms with Crippen molar-refractivity contribution >= 4 is 16.6 Å². The van der Waals surface area contributed by atoms with Crippen LogP contribution in [0.3, 0.4) is 0 Å². The summed E-state index contributed by atoms with van der Waals surface area (Å²) < 4.78 is 17.2. The van der Waals surface area contributed by atoms with E-state index in [9.17, 15) is 30.3 Å². The number of benzene rings is 2. The Morgan fingerprint density at radius 2 is 1.79 bits per heavy atom. The fourth-order valence-corrected chi connectivity index (χ4v) is 5.21. The number of aromatic hydroxyl groups is 1. The van der Waals surface area contributed by atoms with Gasteiger partial charge in [-0.1, -0.05) is 19.9 Å². The lowest BCUT2D eigenvalue weighted by Crippen LogP contribution is -2.62. The number of aromatic amines is 1. The van der Waals surface area contributed by atoms with E-state index in [4.69, 9.17) is 14.2 Å². The van der Waals surface area contributed by atoms with Gasteiger partial charge < -0.3 is 44.7 Å². The standard InChI is InChI=1S/C29H37NO9/c1-5-7-19(31)22-14(3)8-16-9-18(37-4)11-21(23(16)24(22)33)38-29-27(36)25(34)26(35)28(39-29)20(32)10-17-13-30-12-15(17)6-2/h8-9,11-13,20,25-30,32-36H,5-7,10H2,1-4H3/t20-,25+,26+,27-,28-,29+/m1/s1. The molecule has 1 aromatic heterocycles. The Kier molecular flexibility index (Phi) is 8.83. The first-order valence-corrected chi connectivity index (χ1v) is 13.2. The van der Waals surface area contributed by atoms with Crippen LogP contribution in [0.2, 0.25) is 0 Å². The monoisotopic (exact) mass is 543 g/mol. The first-order valence-electron chi connectivity index (χ1n) is 13.2. The molecule has 0 bridgehead atoms.